The molecule has 0 radical (unpaired) electrons. The van der Waals surface area contributed by atoms with Gasteiger partial charge >= 0.3 is 6.09 Å². The van der Waals surface area contributed by atoms with Gasteiger partial charge in [0.05, 0.1) is 6.61 Å². The Balaban J connectivity index is 2.48. The minimum absolute atomic E-state index is 0.0774. The average molecular weight is 228 g/mol. The van der Waals surface area contributed by atoms with Gasteiger partial charge in [-0.1, -0.05) is 13.8 Å². The van der Waals surface area contributed by atoms with E-state index in [2.05, 4.69) is 17.6 Å². The molecule has 0 spiro atoms. The maximum Gasteiger partial charge on any atom is 0.415 e. The molecule has 0 aromatic carbocycles. The Bertz CT molecular complexity index is 309. The predicted octanol–water partition coefficient (Wildman–Crippen LogP) is 3.80. The summed E-state index contributed by atoms with van der Waals surface area (Å²) in [6.07, 6.45) is 1.64. The van der Waals surface area contributed by atoms with Crippen LogP contribution in [0.15, 0.2) is 17.5 Å². The van der Waals surface area contributed by atoms with Crippen LogP contribution in [0.2, 0.25) is 0 Å². The van der Waals surface area contributed by atoms with Crippen molar-refractivity contribution in [2.75, 3.05) is 11.9 Å². The molecule has 1 heterocycles. The van der Waals surface area contributed by atoms with Crippen molar-refractivity contribution in [3.8, 4) is 0 Å². The summed E-state index contributed by atoms with van der Waals surface area (Å²) in [5.41, 5.74) is 0. The van der Waals surface area contributed by atoms with Gasteiger partial charge in [-0.05, 0) is 18.9 Å². The smallest absolute Gasteiger partial charge is 0.415 e. The first-order valence-electron chi connectivity index (χ1n) is 5.29. The van der Waals surface area contributed by atoms with E-state index >= 15 is 0 Å². The van der Waals surface area contributed by atoms with Gasteiger partial charge in [0.2, 0.25) is 5.00 Å². The summed E-state index contributed by atoms with van der Waals surface area (Å²) < 4.78 is 4.97. The maximum atomic E-state index is 11.3. The molecule has 15 heavy (non-hydrogen) atoms. The molecular weight excluding hydrogens is 210 g/mol. The van der Waals surface area contributed by atoms with Gasteiger partial charge in [0.25, 0.3) is 0 Å². The highest BCUT2D eigenvalue weighted by Gasteiger charge is 2.14. The van der Waals surface area contributed by atoms with Crippen molar-refractivity contribution in [3.05, 3.63) is 17.5 Å². The molecule has 0 aliphatic heterocycles. The van der Waals surface area contributed by atoms with Crippen LogP contribution >= 0.6 is 10.5 Å². The van der Waals surface area contributed by atoms with Crippen molar-refractivity contribution >= 4 is 21.6 Å². The quantitative estimate of drug-likeness (QED) is 0.778. The van der Waals surface area contributed by atoms with Crippen molar-refractivity contribution in [2.45, 2.75) is 32.4 Å². The van der Waals surface area contributed by atoms with E-state index in [9.17, 15) is 4.79 Å². The van der Waals surface area contributed by atoms with Crippen molar-refractivity contribution in [2.24, 2.45) is 0 Å². The highest BCUT2D eigenvalue weighted by molar-refractivity contribution is 7.32. The second-order valence-electron chi connectivity index (χ2n) is 3.25. The average Bonchev–Trinajstić information content (AvgIpc) is 2.63. The van der Waals surface area contributed by atoms with Crippen LogP contribution in [0.5, 0.6) is 0 Å². The molecule has 1 aromatic heterocycles. The van der Waals surface area contributed by atoms with Gasteiger partial charge in [0.15, 0.2) is 0 Å². The van der Waals surface area contributed by atoms with E-state index in [0.717, 1.165) is 23.6 Å². The molecule has 1 N–H and O–H groups in total. The molecule has 1 unspecified atom stereocenters. The number of thiophene rings is 1. The van der Waals surface area contributed by atoms with E-state index in [1.807, 2.05) is 19.1 Å². The molecule has 0 saturated carbocycles. The van der Waals surface area contributed by atoms with Gasteiger partial charge in [-0.2, -0.15) is 0 Å². The molecule has 3 nitrogen and oxygen atoms in total. The Hall–Kier alpha value is -1.03. The molecule has 0 aliphatic carbocycles. The first kappa shape index (κ1) is 12.0. The van der Waals surface area contributed by atoms with Crippen molar-refractivity contribution < 1.29 is 9.53 Å². The van der Waals surface area contributed by atoms with Crippen LogP contribution in [0.1, 0.15) is 26.7 Å². The van der Waals surface area contributed by atoms with Crippen LogP contribution in [0.4, 0.5) is 9.80 Å². The highest BCUT2D eigenvalue weighted by Crippen LogP contribution is 2.31. The zero-order valence-electron chi connectivity index (χ0n) is 9.29. The minimum Gasteiger partial charge on any atom is -0.449 e. The Morgan fingerprint density at radius 2 is 2.27 bits per heavy atom. The number of nitrogens with one attached hydrogen (secondary N) is 1. The molecule has 84 valence electrons. The second kappa shape index (κ2) is 6.45. The number of hydrogen-bond donors (Lipinski definition) is 1. The first-order chi connectivity index (χ1) is 7.27. The number of amides is 1. The third-order valence-electron chi connectivity index (χ3n) is 1.86. The van der Waals surface area contributed by atoms with Crippen molar-refractivity contribution in [3.63, 3.8) is 0 Å². The SMILES string of the molecule is CCCOC(=O)Nc1ccc[s+]1CCC. The Morgan fingerprint density at radius 1 is 1.47 bits per heavy atom. The van der Waals surface area contributed by atoms with E-state index in [0.29, 0.717) is 6.61 Å². The summed E-state index contributed by atoms with van der Waals surface area (Å²) in [7, 11) is 0.0774. The molecule has 4 heteroatoms. The van der Waals surface area contributed by atoms with Crippen LogP contribution in [0.3, 0.4) is 0 Å². The van der Waals surface area contributed by atoms with Gasteiger partial charge < -0.3 is 4.74 Å². The summed E-state index contributed by atoms with van der Waals surface area (Å²) in [6.45, 7) is 4.60. The van der Waals surface area contributed by atoms with E-state index in [1.165, 1.54) is 0 Å². The second-order valence-corrected chi connectivity index (χ2v) is 5.23. The topological polar surface area (TPSA) is 38.3 Å². The van der Waals surface area contributed by atoms with Gasteiger partial charge in [-0.15, -0.1) is 0 Å². The third kappa shape index (κ3) is 3.91. The van der Waals surface area contributed by atoms with Crippen molar-refractivity contribution in [1.82, 2.24) is 0 Å². The van der Waals surface area contributed by atoms with Crippen LogP contribution in [-0.2, 0) is 10.5 Å². The summed E-state index contributed by atoms with van der Waals surface area (Å²) in [6, 6.07) is 3.94. The molecule has 1 aromatic rings. The molecule has 1 rings (SSSR count). The molecule has 0 bridgehead atoms. The van der Waals surface area contributed by atoms with Crippen LogP contribution in [0.25, 0.3) is 0 Å². The summed E-state index contributed by atoms with van der Waals surface area (Å²) in [5.74, 6) is 1.09. The van der Waals surface area contributed by atoms with Gasteiger partial charge in [0, 0.05) is 16.5 Å². The fraction of sp³-hybridized carbons (Fsp3) is 0.545. The number of ether oxygens (including phenoxy) is 1. The third-order valence-corrected chi connectivity index (χ3v) is 4.00. The fourth-order valence-electron chi connectivity index (χ4n) is 1.22. The first-order valence-corrected chi connectivity index (χ1v) is 6.75. The molecule has 0 aliphatic rings. The van der Waals surface area contributed by atoms with Crippen LogP contribution in [0, 0.1) is 0 Å². The lowest BCUT2D eigenvalue weighted by Gasteiger charge is -2.02. The van der Waals surface area contributed by atoms with E-state index in [4.69, 9.17) is 4.74 Å². The molecule has 0 saturated heterocycles. The minimum atomic E-state index is -0.333. The lowest BCUT2D eigenvalue weighted by molar-refractivity contribution is 0.162. The standard InChI is InChI=1S/C11H17NO2S/c1-3-7-14-11(13)12-10-6-5-9-15(10)8-4-2/h5-6,9H,3-4,7-8H2,1-2H3/p+1. The zero-order chi connectivity index (χ0) is 11.1. The predicted molar refractivity (Wildman–Crippen MR) is 64.5 cm³/mol. The lowest BCUT2D eigenvalue weighted by Crippen LogP contribution is -2.13. The number of anilines is 1. The monoisotopic (exact) mass is 228 g/mol. The number of carbonyl (C=O) groups excluding carboxylic acids is 1. The Morgan fingerprint density at radius 3 is 2.93 bits per heavy atom. The summed E-state index contributed by atoms with van der Waals surface area (Å²) in [4.78, 5) is 11.3. The Labute approximate surface area is 93.4 Å². The van der Waals surface area contributed by atoms with Crippen molar-refractivity contribution in [1.29, 1.82) is 0 Å². The summed E-state index contributed by atoms with van der Waals surface area (Å²) >= 11 is 0. The number of aryl methyl sites for hydroxylation is 1. The van der Waals surface area contributed by atoms with Gasteiger partial charge in [-0.25, -0.2) is 10.1 Å². The maximum absolute atomic E-state index is 11.3. The van der Waals surface area contributed by atoms with E-state index in [-0.39, 0.29) is 16.6 Å². The largest absolute Gasteiger partial charge is 0.449 e. The number of hydrogen-bond acceptors (Lipinski definition) is 2. The molecule has 1 atom stereocenters. The van der Waals surface area contributed by atoms with Crippen LogP contribution < -0.4 is 5.32 Å². The fourth-order valence-corrected chi connectivity index (χ4v) is 2.90. The number of rotatable bonds is 5. The molecular formula is C11H18NO2S+. The van der Waals surface area contributed by atoms with Gasteiger partial charge in [0.1, 0.15) is 11.1 Å². The Kier molecular flexibility index (Phi) is 5.18. The van der Waals surface area contributed by atoms with Gasteiger partial charge in [-0.3, -0.25) is 0 Å². The van der Waals surface area contributed by atoms with E-state index < -0.39 is 0 Å². The molecule has 0 fully saturated rings. The molecule has 1 amide bonds. The van der Waals surface area contributed by atoms with E-state index in [1.54, 1.807) is 0 Å². The summed E-state index contributed by atoms with van der Waals surface area (Å²) in [5, 5.41) is 5.92. The number of carbonyl (C=O) groups is 1. The normalized spacial score (nSPS) is 11.2. The van der Waals surface area contributed by atoms with Crippen LogP contribution in [-0.4, -0.2) is 12.7 Å². The highest BCUT2D eigenvalue weighted by atomic mass is 32.2. The lowest BCUT2D eigenvalue weighted by atomic mass is 10.5. The zero-order valence-corrected chi connectivity index (χ0v) is 10.1.